The quantitative estimate of drug-likeness (QED) is 0.164. The molecule has 0 aliphatic carbocycles. The lowest BCUT2D eigenvalue weighted by molar-refractivity contribution is -0.143. The summed E-state index contributed by atoms with van der Waals surface area (Å²) in [5, 5.41) is 11.4. The second kappa shape index (κ2) is 12.3. The maximum Gasteiger partial charge on any atom is 0.417 e. The number of para-hydroxylation sites is 2. The Morgan fingerprint density at radius 3 is 1.21 bits per heavy atom. The van der Waals surface area contributed by atoms with Gasteiger partial charge in [-0.05, 0) is 66.2 Å². The lowest BCUT2D eigenvalue weighted by atomic mass is 9.92. The van der Waals surface area contributed by atoms with Crippen molar-refractivity contribution in [3.05, 3.63) is 143 Å². The molecule has 0 radical (unpaired) electrons. The van der Waals surface area contributed by atoms with E-state index < -0.39 is 58.1 Å². The minimum Gasteiger partial charge on any atom is -0.308 e. The van der Waals surface area contributed by atoms with Crippen molar-refractivity contribution in [3.63, 3.8) is 0 Å². The van der Waals surface area contributed by atoms with Gasteiger partial charge >= 0.3 is 24.7 Å². The Hall–Kier alpha value is -6.43. The van der Waals surface area contributed by atoms with E-state index in [-0.39, 0.29) is 55.8 Å². The van der Waals surface area contributed by atoms with Gasteiger partial charge in [-0.2, -0.15) is 57.9 Å². The summed E-state index contributed by atoms with van der Waals surface area (Å²) in [5.41, 5.74) is -8.28. The molecule has 0 aliphatic heterocycles. The van der Waals surface area contributed by atoms with E-state index in [1.54, 1.807) is 24.3 Å². The van der Waals surface area contributed by atoms with Crippen LogP contribution in [0.5, 0.6) is 0 Å². The smallest absolute Gasteiger partial charge is 0.308 e. The van der Waals surface area contributed by atoms with Gasteiger partial charge in [0, 0.05) is 27.1 Å². The molecule has 0 fully saturated rings. The van der Waals surface area contributed by atoms with Crippen LogP contribution < -0.4 is 0 Å². The van der Waals surface area contributed by atoms with Gasteiger partial charge in [0.05, 0.1) is 67.3 Å². The van der Waals surface area contributed by atoms with Crippen LogP contribution in [0.4, 0.5) is 52.7 Å². The second-order valence-corrected chi connectivity index (χ2v) is 12.9. The minimum atomic E-state index is -5.48. The normalized spacial score (nSPS) is 13.0. The Morgan fingerprint density at radius 1 is 0.411 bits per heavy atom. The van der Waals surface area contributed by atoms with E-state index in [0.29, 0.717) is 22.9 Å². The predicted molar refractivity (Wildman–Crippen MR) is 185 cm³/mol. The third kappa shape index (κ3) is 5.87. The van der Waals surface area contributed by atoms with Gasteiger partial charge in [0.15, 0.2) is 0 Å². The summed E-state index contributed by atoms with van der Waals surface area (Å²) in [6, 6.07) is 22.5. The van der Waals surface area contributed by atoms with Crippen LogP contribution >= 0.6 is 0 Å². The van der Waals surface area contributed by atoms with Crippen LogP contribution in [-0.4, -0.2) is 9.13 Å². The van der Waals surface area contributed by atoms with E-state index in [4.69, 9.17) is 0 Å². The fourth-order valence-corrected chi connectivity index (χ4v) is 7.29. The van der Waals surface area contributed by atoms with Crippen LogP contribution in [0.3, 0.4) is 0 Å². The van der Waals surface area contributed by atoms with Crippen molar-refractivity contribution in [2.75, 3.05) is 0 Å². The van der Waals surface area contributed by atoms with E-state index in [0.717, 1.165) is 48.5 Å². The first kappa shape index (κ1) is 36.5. The number of hydrogen-bond acceptors (Lipinski definition) is 1. The molecular formula is C41H19F12N3. The number of benzene rings is 6. The molecule has 0 bridgehead atoms. The molecule has 0 aliphatic rings. The molecule has 2 aromatic heterocycles. The highest BCUT2D eigenvalue weighted by atomic mass is 19.4. The maximum atomic E-state index is 15.1. The molecule has 0 N–H and O–H groups in total. The van der Waals surface area contributed by atoms with Crippen molar-refractivity contribution in [2.24, 2.45) is 0 Å². The molecule has 56 heavy (non-hydrogen) atoms. The zero-order chi connectivity index (χ0) is 40.1. The molecule has 15 heteroatoms. The van der Waals surface area contributed by atoms with Crippen LogP contribution in [0.2, 0.25) is 0 Å². The predicted octanol–water partition coefficient (Wildman–Crippen LogP) is 13.5. The molecule has 2 heterocycles. The first-order valence-electron chi connectivity index (χ1n) is 16.4. The number of aromatic nitrogens is 2. The molecule has 0 saturated heterocycles. The molecule has 0 atom stereocenters. The molecule has 0 amide bonds. The fraction of sp³-hybridized carbons (Fsp3) is 0.0976. The fourth-order valence-electron chi connectivity index (χ4n) is 7.29. The van der Waals surface area contributed by atoms with Crippen LogP contribution in [-0.2, 0) is 24.7 Å². The molecule has 0 spiro atoms. The van der Waals surface area contributed by atoms with Gasteiger partial charge in [0.2, 0.25) is 0 Å². The van der Waals surface area contributed by atoms with E-state index >= 15 is 13.2 Å². The van der Waals surface area contributed by atoms with Crippen molar-refractivity contribution in [1.82, 2.24) is 9.13 Å². The highest BCUT2D eigenvalue weighted by molar-refractivity contribution is 6.12. The first-order chi connectivity index (χ1) is 26.3. The highest BCUT2D eigenvalue weighted by Crippen LogP contribution is 2.48. The van der Waals surface area contributed by atoms with Gasteiger partial charge in [0.25, 0.3) is 0 Å². The Balaban J connectivity index is 1.64. The number of fused-ring (bicyclic) bond motifs is 6. The molecule has 8 rings (SSSR count). The SMILES string of the molecule is N#Cc1cc(-n2c3ccccc3c3ccc(C(F)(F)F)cc32)c(-c2ccc(C(F)(F)F)cc2C(F)(F)F)c(-n2c3ccccc3c3ccc(C(F)(F)F)cc32)c1. The van der Waals surface area contributed by atoms with Crippen molar-refractivity contribution in [1.29, 1.82) is 5.26 Å². The standard InChI is InChI=1S/C41H19F12N3/c42-38(43,44)22-11-14-29(30(17-22)41(51,52)53)37-35(55-31-7-3-1-5-25(31)27-12-9-23(18-33(27)55)39(45,46)47)15-21(20-54)16-36(37)56-32-8-4-2-6-26(32)28-13-10-24(19-34(28)56)40(48,49)50/h1-19H. The van der Waals surface area contributed by atoms with E-state index in [1.165, 1.54) is 33.4 Å². The molecule has 282 valence electrons. The molecule has 6 aromatic carbocycles. The summed E-state index contributed by atoms with van der Waals surface area (Å²) in [6.07, 6.45) is -20.5. The summed E-state index contributed by atoms with van der Waals surface area (Å²) in [6.45, 7) is 0. The van der Waals surface area contributed by atoms with Crippen LogP contribution in [0.1, 0.15) is 27.8 Å². The molecule has 8 aromatic rings. The minimum absolute atomic E-state index is 0.109. The summed E-state index contributed by atoms with van der Waals surface area (Å²) >= 11 is 0. The summed E-state index contributed by atoms with van der Waals surface area (Å²) < 4.78 is 175. The van der Waals surface area contributed by atoms with Gasteiger partial charge in [-0.3, -0.25) is 0 Å². The molecule has 3 nitrogen and oxygen atoms in total. The molecular weight excluding hydrogens is 762 g/mol. The Morgan fingerprint density at radius 2 is 0.804 bits per heavy atom. The second-order valence-electron chi connectivity index (χ2n) is 12.9. The molecule has 0 saturated carbocycles. The van der Waals surface area contributed by atoms with E-state index in [9.17, 15) is 44.8 Å². The van der Waals surface area contributed by atoms with Crippen molar-refractivity contribution < 1.29 is 52.7 Å². The van der Waals surface area contributed by atoms with Gasteiger partial charge in [-0.25, -0.2) is 0 Å². The van der Waals surface area contributed by atoms with E-state index in [2.05, 4.69) is 0 Å². The largest absolute Gasteiger partial charge is 0.417 e. The number of hydrogen-bond donors (Lipinski definition) is 0. The third-order valence-corrected chi connectivity index (χ3v) is 9.63. The number of nitrogens with zero attached hydrogens (tertiary/aromatic N) is 3. The number of nitriles is 1. The highest BCUT2D eigenvalue weighted by Gasteiger charge is 2.40. The summed E-state index contributed by atoms with van der Waals surface area (Å²) in [5.74, 6) is 0. The topological polar surface area (TPSA) is 33.6 Å². The Labute approximate surface area is 306 Å². The lowest BCUT2D eigenvalue weighted by Gasteiger charge is -2.24. The third-order valence-electron chi connectivity index (χ3n) is 9.63. The average molecular weight is 782 g/mol. The van der Waals surface area contributed by atoms with Crippen LogP contribution in [0.15, 0.2) is 115 Å². The number of halogens is 12. The summed E-state index contributed by atoms with van der Waals surface area (Å²) in [4.78, 5) is 0. The number of rotatable bonds is 3. The van der Waals surface area contributed by atoms with Gasteiger partial charge in [-0.15, -0.1) is 0 Å². The maximum absolute atomic E-state index is 15.1. The molecule has 0 unspecified atom stereocenters. The monoisotopic (exact) mass is 781 g/mol. The van der Waals surface area contributed by atoms with Crippen molar-refractivity contribution in [3.8, 4) is 28.6 Å². The average Bonchev–Trinajstić information content (AvgIpc) is 3.64. The van der Waals surface area contributed by atoms with Crippen LogP contribution in [0.25, 0.3) is 66.1 Å². The Bertz CT molecular complexity index is 2780. The van der Waals surface area contributed by atoms with E-state index in [1.807, 2.05) is 6.07 Å². The van der Waals surface area contributed by atoms with Crippen molar-refractivity contribution >= 4 is 43.6 Å². The first-order valence-corrected chi connectivity index (χ1v) is 16.4. The lowest BCUT2D eigenvalue weighted by Crippen LogP contribution is -2.14. The summed E-state index contributed by atoms with van der Waals surface area (Å²) in [7, 11) is 0. The van der Waals surface area contributed by atoms with Gasteiger partial charge in [-0.1, -0.05) is 54.6 Å². The van der Waals surface area contributed by atoms with Gasteiger partial charge in [0.1, 0.15) is 0 Å². The zero-order valence-corrected chi connectivity index (χ0v) is 27.8. The van der Waals surface area contributed by atoms with Gasteiger partial charge < -0.3 is 9.13 Å². The van der Waals surface area contributed by atoms with Crippen LogP contribution in [0, 0.1) is 11.3 Å². The zero-order valence-electron chi connectivity index (χ0n) is 27.8. The Kier molecular flexibility index (Phi) is 8.02. The number of alkyl halides is 12. The van der Waals surface area contributed by atoms with Crippen molar-refractivity contribution in [2.45, 2.75) is 24.7 Å².